The second-order valence-electron chi connectivity index (χ2n) is 3.74. The molecule has 18 heavy (non-hydrogen) atoms. The molecule has 0 aliphatic rings. The van der Waals surface area contributed by atoms with Crippen molar-refractivity contribution in [3.63, 3.8) is 0 Å². The van der Waals surface area contributed by atoms with Gasteiger partial charge in [0.15, 0.2) is 0 Å². The normalized spacial score (nSPS) is 10.1. The summed E-state index contributed by atoms with van der Waals surface area (Å²) in [6.45, 7) is 0. The van der Waals surface area contributed by atoms with Crippen LogP contribution < -0.4 is 11.1 Å². The highest BCUT2D eigenvalue weighted by atomic mass is 79.9. The third kappa shape index (κ3) is 2.81. The molecule has 0 saturated heterocycles. The zero-order valence-corrected chi connectivity index (χ0v) is 10.9. The summed E-state index contributed by atoms with van der Waals surface area (Å²) in [6.07, 6.45) is 0. The lowest BCUT2D eigenvalue weighted by Crippen LogP contribution is -2.11. The van der Waals surface area contributed by atoms with Crippen LogP contribution in [0.3, 0.4) is 0 Å². The van der Waals surface area contributed by atoms with Crippen LogP contribution >= 0.6 is 15.9 Å². The van der Waals surface area contributed by atoms with Crippen LogP contribution in [0.2, 0.25) is 0 Å². The lowest BCUT2D eigenvalue weighted by molar-refractivity contribution is 0.102. The molecule has 0 spiro atoms. The average molecular weight is 307 g/mol. The number of nitrogens with one attached hydrogen (secondary N) is 1. The zero-order chi connectivity index (χ0) is 13.1. The molecule has 4 nitrogen and oxygen atoms in total. The van der Waals surface area contributed by atoms with Gasteiger partial charge in [0.2, 0.25) is 0 Å². The quantitative estimate of drug-likeness (QED) is 0.747. The largest absolute Gasteiger partial charge is 0.507 e. The highest BCUT2D eigenvalue weighted by Crippen LogP contribution is 2.24. The first-order chi connectivity index (χ1) is 8.56. The zero-order valence-electron chi connectivity index (χ0n) is 9.35. The Balaban J connectivity index is 2.16. The maximum atomic E-state index is 11.9. The molecule has 0 aliphatic carbocycles. The molecule has 0 aromatic heterocycles. The second kappa shape index (κ2) is 5.10. The summed E-state index contributed by atoms with van der Waals surface area (Å²) in [7, 11) is 0. The molecule has 0 bridgehead atoms. The fourth-order valence-corrected chi connectivity index (χ4v) is 1.67. The van der Waals surface area contributed by atoms with Crippen molar-refractivity contribution >= 4 is 33.2 Å². The van der Waals surface area contributed by atoms with E-state index in [2.05, 4.69) is 21.2 Å². The Morgan fingerprint density at radius 1 is 1.17 bits per heavy atom. The number of anilines is 2. The van der Waals surface area contributed by atoms with Gasteiger partial charge >= 0.3 is 0 Å². The molecular weight excluding hydrogens is 296 g/mol. The molecule has 0 aliphatic heterocycles. The van der Waals surface area contributed by atoms with Gasteiger partial charge < -0.3 is 16.2 Å². The number of amides is 1. The molecule has 2 rings (SSSR count). The van der Waals surface area contributed by atoms with Gasteiger partial charge in [0.05, 0.1) is 4.47 Å². The summed E-state index contributed by atoms with van der Waals surface area (Å²) in [5.74, 6) is -0.262. The fourth-order valence-electron chi connectivity index (χ4n) is 1.42. The second-order valence-corrected chi connectivity index (χ2v) is 4.60. The number of phenolic OH excluding ortho intramolecular Hbond substituents is 1. The number of phenols is 1. The number of rotatable bonds is 2. The van der Waals surface area contributed by atoms with Crippen LogP contribution in [0.15, 0.2) is 46.9 Å². The molecule has 2 aromatic carbocycles. The summed E-state index contributed by atoms with van der Waals surface area (Å²) in [5, 5.41) is 12.2. The molecule has 0 saturated carbocycles. The molecule has 2 aromatic rings. The SMILES string of the molecule is Nc1ccc(NC(=O)c2ccc(Br)c(O)c2)cc1. The van der Waals surface area contributed by atoms with E-state index in [4.69, 9.17) is 5.73 Å². The van der Waals surface area contributed by atoms with Gasteiger partial charge in [-0.1, -0.05) is 0 Å². The van der Waals surface area contributed by atoms with Gasteiger partial charge in [-0.2, -0.15) is 0 Å². The molecule has 5 heteroatoms. The predicted octanol–water partition coefficient (Wildman–Crippen LogP) is 2.99. The fraction of sp³-hybridized carbons (Fsp3) is 0. The summed E-state index contributed by atoms with van der Waals surface area (Å²) < 4.78 is 0.548. The van der Waals surface area contributed by atoms with Crippen LogP contribution in [-0.4, -0.2) is 11.0 Å². The van der Waals surface area contributed by atoms with Gasteiger partial charge in [-0.25, -0.2) is 0 Å². The van der Waals surface area contributed by atoms with Crippen molar-refractivity contribution in [2.45, 2.75) is 0 Å². The van der Waals surface area contributed by atoms with Crippen molar-refractivity contribution in [2.75, 3.05) is 11.1 Å². The lowest BCUT2D eigenvalue weighted by Gasteiger charge is -2.06. The smallest absolute Gasteiger partial charge is 0.255 e. The van der Waals surface area contributed by atoms with E-state index in [0.29, 0.717) is 21.4 Å². The highest BCUT2D eigenvalue weighted by Gasteiger charge is 2.08. The molecule has 1 amide bonds. The minimum absolute atomic E-state index is 0.0277. The number of hydrogen-bond donors (Lipinski definition) is 3. The monoisotopic (exact) mass is 306 g/mol. The number of nitrogen functional groups attached to an aromatic ring is 1. The number of hydrogen-bond acceptors (Lipinski definition) is 3. The lowest BCUT2D eigenvalue weighted by atomic mass is 10.2. The van der Waals surface area contributed by atoms with E-state index >= 15 is 0 Å². The number of benzene rings is 2. The first-order valence-electron chi connectivity index (χ1n) is 5.21. The molecule has 4 N–H and O–H groups in total. The van der Waals surface area contributed by atoms with Crippen molar-refractivity contribution in [2.24, 2.45) is 0 Å². The minimum Gasteiger partial charge on any atom is -0.507 e. The topological polar surface area (TPSA) is 75.3 Å². The average Bonchev–Trinajstić information content (AvgIpc) is 2.35. The maximum Gasteiger partial charge on any atom is 0.255 e. The van der Waals surface area contributed by atoms with Crippen LogP contribution in [-0.2, 0) is 0 Å². The maximum absolute atomic E-state index is 11.9. The number of nitrogens with two attached hydrogens (primary N) is 1. The first kappa shape index (κ1) is 12.4. The Hall–Kier alpha value is -2.01. The van der Waals surface area contributed by atoms with Crippen LogP contribution in [0.25, 0.3) is 0 Å². The third-order valence-electron chi connectivity index (χ3n) is 2.38. The molecule has 0 heterocycles. The minimum atomic E-state index is -0.289. The van der Waals surface area contributed by atoms with Crippen molar-refractivity contribution < 1.29 is 9.90 Å². The van der Waals surface area contributed by atoms with Crippen LogP contribution in [0.4, 0.5) is 11.4 Å². The number of aromatic hydroxyl groups is 1. The predicted molar refractivity (Wildman–Crippen MR) is 74.6 cm³/mol. The van der Waals surface area contributed by atoms with Crippen LogP contribution in [0, 0.1) is 0 Å². The molecular formula is C13H11BrN2O2. The van der Waals surface area contributed by atoms with Gasteiger partial charge in [0.25, 0.3) is 5.91 Å². The molecule has 0 unspecified atom stereocenters. The van der Waals surface area contributed by atoms with Gasteiger partial charge in [-0.3, -0.25) is 4.79 Å². The Morgan fingerprint density at radius 3 is 2.44 bits per heavy atom. The van der Waals surface area contributed by atoms with Crippen molar-refractivity contribution in [3.05, 3.63) is 52.5 Å². The Labute approximate surface area is 113 Å². The Morgan fingerprint density at radius 2 is 1.83 bits per heavy atom. The molecule has 0 radical (unpaired) electrons. The standard InChI is InChI=1S/C13H11BrN2O2/c14-11-6-1-8(7-12(11)17)13(18)16-10-4-2-9(15)3-5-10/h1-7,17H,15H2,(H,16,18). The Kier molecular flexibility index (Phi) is 3.53. The Bertz CT molecular complexity index is 582. The van der Waals surface area contributed by atoms with Gasteiger partial charge in [-0.05, 0) is 58.4 Å². The van der Waals surface area contributed by atoms with E-state index in [9.17, 15) is 9.90 Å². The number of halogens is 1. The summed E-state index contributed by atoms with van der Waals surface area (Å²) in [6, 6.07) is 11.5. The number of carbonyl (C=O) groups is 1. The van der Waals surface area contributed by atoms with E-state index < -0.39 is 0 Å². The van der Waals surface area contributed by atoms with Crippen molar-refractivity contribution in [1.29, 1.82) is 0 Å². The summed E-state index contributed by atoms with van der Waals surface area (Å²) in [4.78, 5) is 11.9. The summed E-state index contributed by atoms with van der Waals surface area (Å²) in [5.41, 5.74) is 7.22. The van der Waals surface area contributed by atoms with E-state index in [1.807, 2.05) is 0 Å². The highest BCUT2D eigenvalue weighted by molar-refractivity contribution is 9.10. The molecule has 92 valence electrons. The molecule has 0 fully saturated rings. The third-order valence-corrected chi connectivity index (χ3v) is 3.05. The number of carbonyl (C=O) groups excluding carboxylic acids is 1. The summed E-state index contributed by atoms with van der Waals surface area (Å²) >= 11 is 3.16. The van der Waals surface area contributed by atoms with Crippen LogP contribution in [0.1, 0.15) is 10.4 Å². The van der Waals surface area contributed by atoms with E-state index in [1.54, 1.807) is 36.4 Å². The first-order valence-corrected chi connectivity index (χ1v) is 6.01. The van der Waals surface area contributed by atoms with Gasteiger partial charge in [0, 0.05) is 16.9 Å². The van der Waals surface area contributed by atoms with E-state index in [-0.39, 0.29) is 11.7 Å². The van der Waals surface area contributed by atoms with Crippen LogP contribution in [0.5, 0.6) is 5.75 Å². The van der Waals surface area contributed by atoms with Crippen molar-refractivity contribution in [1.82, 2.24) is 0 Å². The van der Waals surface area contributed by atoms with Gasteiger partial charge in [0.1, 0.15) is 5.75 Å². The van der Waals surface area contributed by atoms with E-state index in [0.717, 1.165) is 0 Å². The van der Waals surface area contributed by atoms with E-state index in [1.165, 1.54) is 6.07 Å². The van der Waals surface area contributed by atoms with Crippen molar-refractivity contribution in [3.8, 4) is 5.75 Å². The molecule has 0 atom stereocenters. The van der Waals surface area contributed by atoms with Gasteiger partial charge in [-0.15, -0.1) is 0 Å².